The third kappa shape index (κ3) is 3.82. The van der Waals surface area contributed by atoms with E-state index in [9.17, 15) is 4.79 Å². The van der Waals surface area contributed by atoms with Crippen molar-refractivity contribution in [2.24, 2.45) is 0 Å². The molecule has 1 heterocycles. The zero-order valence-electron chi connectivity index (χ0n) is 10.1. The van der Waals surface area contributed by atoms with Crippen LogP contribution in [-0.2, 0) is 0 Å². The number of aromatic nitrogens is 2. The summed E-state index contributed by atoms with van der Waals surface area (Å²) < 4.78 is 5.06. The fourth-order valence-electron chi connectivity index (χ4n) is 1.36. The summed E-state index contributed by atoms with van der Waals surface area (Å²) in [6, 6.07) is 9.67. The van der Waals surface area contributed by atoms with Crippen LogP contribution < -0.4 is 15.4 Å². The third-order valence-corrected chi connectivity index (χ3v) is 2.40. The summed E-state index contributed by atoms with van der Waals surface area (Å²) in [5, 5.41) is 12.8. The van der Waals surface area contributed by atoms with Gasteiger partial charge in [0.05, 0.1) is 7.11 Å². The summed E-state index contributed by atoms with van der Waals surface area (Å²) in [5.41, 5.74) is 0.610. The molecule has 0 aliphatic rings. The smallest absolute Gasteiger partial charge is 0.324 e. The highest BCUT2D eigenvalue weighted by Gasteiger charge is 2.04. The van der Waals surface area contributed by atoms with E-state index in [1.165, 1.54) is 6.07 Å². The van der Waals surface area contributed by atoms with Gasteiger partial charge in [-0.15, -0.1) is 10.2 Å². The Balaban J connectivity index is 1.99. The lowest BCUT2D eigenvalue weighted by Gasteiger charge is -2.07. The maximum absolute atomic E-state index is 11.7. The van der Waals surface area contributed by atoms with E-state index in [0.29, 0.717) is 17.3 Å². The number of ether oxygens (including phenoxy) is 1. The minimum Gasteiger partial charge on any atom is -0.497 e. The first-order valence-corrected chi connectivity index (χ1v) is 5.76. The highest BCUT2D eigenvalue weighted by molar-refractivity contribution is 6.29. The van der Waals surface area contributed by atoms with Crippen LogP contribution in [0.25, 0.3) is 0 Å². The molecule has 0 fully saturated rings. The van der Waals surface area contributed by atoms with E-state index >= 15 is 0 Å². The maximum Gasteiger partial charge on any atom is 0.324 e. The molecule has 0 radical (unpaired) electrons. The molecule has 2 amide bonds. The number of nitrogens with one attached hydrogen (secondary N) is 2. The number of hydrogen-bond acceptors (Lipinski definition) is 4. The lowest BCUT2D eigenvalue weighted by atomic mass is 10.3. The zero-order chi connectivity index (χ0) is 13.7. The van der Waals surface area contributed by atoms with Gasteiger partial charge >= 0.3 is 6.03 Å². The molecule has 0 spiro atoms. The van der Waals surface area contributed by atoms with Crippen molar-refractivity contribution < 1.29 is 9.53 Å². The highest BCUT2D eigenvalue weighted by Crippen LogP contribution is 2.16. The van der Waals surface area contributed by atoms with Gasteiger partial charge in [0.2, 0.25) is 0 Å². The van der Waals surface area contributed by atoms with Crippen LogP contribution in [0.5, 0.6) is 5.75 Å². The Morgan fingerprint density at radius 1 is 1.21 bits per heavy atom. The van der Waals surface area contributed by atoms with E-state index in [1.807, 2.05) is 0 Å². The number of nitrogens with zero attached hydrogens (tertiary/aromatic N) is 2. The SMILES string of the molecule is COc1cccc(NC(=O)Nc2ccc(Cl)nn2)c1. The zero-order valence-corrected chi connectivity index (χ0v) is 10.8. The summed E-state index contributed by atoms with van der Waals surface area (Å²) in [6.07, 6.45) is 0. The minimum atomic E-state index is -0.426. The summed E-state index contributed by atoms with van der Waals surface area (Å²) >= 11 is 5.60. The van der Waals surface area contributed by atoms with Gasteiger partial charge in [-0.2, -0.15) is 0 Å². The molecule has 19 heavy (non-hydrogen) atoms. The first kappa shape index (κ1) is 13.1. The van der Waals surface area contributed by atoms with Gasteiger partial charge in [-0.25, -0.2) is 4.79 Å². The van der Waals surface area contributed by atoms with Gasteiger partial charge in [-0.3, -0.25) is 5.32 Å². The van der Waals surface area contributed by atoms with Gasteiger partial charge in [-0.1, -0.05) is 17.7 Å². The first-order chi connectivity index (χ1) is 9.17. The number of urea groups is 1. The predicted molar refractivity (Wildman–Crippen MR) is 72.7 cm³/mol. The highest BCUT2D eigenvalue weighted by atomic mass is 35.5. The second kappa shape index (κ2) is 6.01. The first-order valence-electron chi connectivity index (χ1n) is 5.38. The van der Waals surface area contributed by atoms with Crippen molar-refractivity contribution in [3.8, 4) is 5.75 Å². The third-order valence-electron chi connectivity index (χ3n) is 2.20. The number of methoxy groups -OCH3 is 1. The van der Waals surface area contributed by atoms with E-state index in [-0.39, 0.29) is 5.15 Å². The molecular formula is C12H11ClN4O2. The average molecular weight is 279 g/mol. The molecule has 1 aromatic heterocycles. The van der Waals surface area contributed by atoms with Crippen LogP contribution in [0, 0.1) is 0 Å². The number of amides is 2. The quantitative estimate of drug-likeness (QED) is 0.905. The summed E-state index contributed by atoms with van der Waals surface area (Å²) in [5.74, 6) is 0.967. The minimum absolute atomic E-state index is 0.263. The van der Waals surface area contributed by atoms with Gasteiger partial charge in [0.15, 0.2) is 11.0 Å². The van der Waals surface area contributed by atoms with Gasteiger partial charge in [-0.05, 0) is 24.3 Å². The van der Waals surface area contributed by atoms with Crippen LogP contribution in [0.4, 0.5) is 16.3 Å². The number of halogens is 1. The Bertz CT molecular complexity index is 574. The van der Waals surface area contributed by atoms with E-state index < -0.39 is 6.03 Å². The van der Waals surface area contributed by atoms with E-state index in [0.717, 1.165) is 0 Å². The van der Waals surface area contributed by atoms with Crippen LogP contribution in [0.3, 0.4) is 0 Å². The topological polar surface area (TPSA) is 76.1 Å². The monoisotopic (exact) mass is 278 g/mol. The molecule has 98 valence electrons. The van der Waals surface area contributed by atoms with E-state index in [2.05, 4.69) is 20.8 Å². The normalized spacial score (nSPS) is 9.79. The fourth-order valence-corrected chi connectivity index (χ4v) is 1.46. The van der Waals surface area contributed by atoms with Crippen molar-refractivity contribution in [3.05, 3.63) is 41.6 Å². The molecule has 0 aliphatic heterocycles. The number of rotatable bonds is 3. The molecule has 2 N–H and O–H groups in total. The Labute approximate surface area is 114 Å². The maximum atomic E-state index is 11.7. The molecule has 2 rings (SSSR count). The molecule has 0 saturated carbocycles. The van der Waals surface area contributed by atoms with Crippen molar-refractivity contribution in [2.75, 3.05) is 17.7 Å². The number of carbonyl (C=O) groups is 1. The van der Waals surface area contributed by atoms with Crippen molar-refractivity contribution in [1.29, 1.82) is 0 Å². The molecule has 0 aliphatic carbocycles. The van der Waals surface area contributed by atoms with E-state index in [1.54, 1.807) is 37.4 Å². The Morgan fingerprint density at radius 3 is 2.74 bits per heavy atom. The average Bonchev–Trinajstić information content (AvgIpc) is 2.41. The molecule has 7 heteroatoms. The van der Waals surface area contributed by atoms with Gasteiger partial charge in [0.1, 0.15) is 5.75 Å². The van der Waals surface area contributed by atoms with Crippen LogP contribution in [0.15, 0.2) is 36.4 Å². The lowest BCUT2D eigenvalue weighted by molar-refractivity contribution is 0.262. The van der Waals surface area contributed by atoms with E-state index in [4.69, 9.17) is 16.3 Å². The second-order valence-corrected chi connectivity index (χ2v) is 3.94. The number of carbonyl (C=O) groups excluding carboxylic acids is 1. The molecule has 0 bridgehead atoms. The summed E-state index contributed by atoms with van der Waals surface area (Å²) in [7, 11) is 1.56. The van der Waals surface area contributed by atoms with Crippen molar-refractivity contribution in [1.82, 2.24) is 10.2 Å². The number of benzene rings is 1. The molecule has 0 saturated heterocycles. The Kier molecular flexibility index (Phi) is 4.15. The van der Waals surface area contributed by atoms with Gasteiger partial charge in [0.25, 0.3) is 0 Å². The number of hydrogen-bond donors (Lipinski definition) is 2. The number of anilines is 2. The molecule has 1 aromatic carbocycles. The molecule has 0 atom stereocenters. The fraction of sp³-hybridized carbons (Fsp3) is 0.0833. The second-order valence-electron chi connectivity index (χ2n) is 3.55. The standard InChI is InChI=1S/C12H11ClN4O2/c1-19-9-4-2-3-8(7-9)14-12(18)15-11-6-5-10(13)16-17-11/h2-7H,1H3,(H2,14,15,17,18). The van der Waals surface area contributed by atoms with Crippen molar-refractivity contribution >= 4 is 29.1 Å². The summed E-state index contributed by atoms with van der Waals surface area (Å²) in [6.45, 7) is 0. The Hall–Kier alpha value is -2.34. The lowest BCUT2D eigenvalue weighted by Crippen LogP contribution is -2.20. The van der Waals surface area contributed by atoms with Crippen LogP contribution in [0.2, 0.25) is 5.15 Å². The Morgan fingerprint density at radius 2 is 2.05 bits per heavy atom. The van der Waals surface area contributed by atoms with Crippen molar-refractivity contribution in [2.45, 2.75) is 0 Å². The van der Waals surface area contributed by atoms with Gasteiger partial charge in [0, 0.05) is 11.8 Å². The summed E-state index contributed by atoms with van der Waals surface area (Å²) in [4.78, 5) is 11.7. The molecule has 6 nitrogen and oxygen atoms in total. The molecule has 2 aromatic rings. The molecule has 0 unspecified atom stereocenters. The molecular weight excluding hydrogens is 268 g/mol. The largest absolute Gasteiger partial charge is 0.497 e. The van der Waals surface area contributed by atoms with Crippen LogP contribution in [0.1, 0.15) is 0 Å². The van der Waals surface area contributed by atoms with Crippen LogP contribution in [-0.4, -0.2) is 23.3 Å². The van der Waals surface area contributed by atoms with Crippen molar-refractivity contribution in [3.63, 3.8) is 0 Å². The van der Waals surface area contributed by atoms with Gasteiger partial charge < -0.3 is 10.1 Å². The predicted octanol–water partition coefficient (Wildman–Crippen LogP) is 2.78. The van der Waals surface area contributed by atoms with Crippen LogP contribution >= 0.6 is 11.6 Å².